The number of carbonyl (C=O) groups is 1. The van der Waals surface area contributed by atoms with Crippen LogP contribution in [0, 0.1) is 0 Å². The maximum atomic E-state index is 11.6. The summed E-state index contributed by atoms with van der Waals surface area (Å²) in [6.45, 7) is -0.375. The molecule has 0 aromatic carbocycles. The van der Waals surface area contributed by atoms with E-state index in [-0.39, 0.29) is 12.1 Å². The Morgan fingerprint density at radius 3 is 3.07 bits per heavy atom. The van der Waals surface area contributed by atoms with E-state index in [4.69, 9.17) is 5.11 Å². The summed E-state index contributed by atoms with van der Waals surface area (Å²) < 4.78 is 1.43. The molecule has 0 aliphatic carbocycles. The molecule has 72 valence electrons. The molecule has 7 heteroatoms. The minimum atomic E-state index is -1.07. The van der Waals surface area contributed by atoms with Crippen LogP contribution in [-0.4, -0.2) is 25.6 Å². The van der Waals surface area contributed by atoms with Crippen molar-refractivity contribution in [3.63, 3.8) is 0 Å². The van der Waals surface area contributed by atoms with Gasteiger partial charge in [0.25, 0.3) is 5.56 Å². The summed E-state index contributed by atoms with van der Waals surface area (Å²) in [5.41, 5.74) is 1.51. The second-order valence-electron chi connectivity index (χ2n) is 2.58. The maximum absolute atomic E-state index is 11.6. The molecule has 0 atom stereocenters. The number of fused-ring (bicyclic) bond motifs is 1. The summed E-state index contributed by atoms with van der Waals surface area (Å²) >= 11 is 1.16. The van der Waals surface area contributed by atoms with Crippen LogP contribution in [0.25, 0.3) is 10.3 Å². The Morgan fingerprint density at radius 2 is 2.36 bits per heavy atom. The molecule has 2 aromatic rings. The lowest BCUT2D eigenvalue weighted by atomic mass is 10.5. The number of thiazole rings is 1. The number of aliphatic carboxylic acids is 1. The topological polar surface area (TPSA) is 85.1 Å². The van der Waals surface area contributed by atoms with Crippen LogP contribution in [-0.2, 0) is 11.3 Å². The Balaban J connectivity index is 2.62. The van der Waals surface area contributed by atoms with Gasteiger partial charge in [-0.3, -0.25) is 14.2 Å². The molecule has 0 bridgehead atoms. The highest BCUT2D eigenvalue weighted by Crippen LogP contribution is 2.08. The van der Waals surface area contributed by atoms with E-state index in [1.165, 1.54) is 11.8 Å². The van der Waals surface area contributed by atoms with Crippen molar-refractivity contribution in [2.45, 2.75) is 6.54 Å². The van der Waals surface area contributed by atoms with Crippen LogP contribution >= 0.6 is 11.3 Å². The van der Waals surface area contributed by atoms with E-state index in [1.54, 1.807) is 0 Å². The van der Waals surface area contributed by atoms with Gasteiger partial charge in [0.05, 0.1) is 5.51 Å². The van der Waals surface area contributed by atoms with Gasteiger partial charge in [-0.2, -0.15) is 0 Å². The lowest BCUT2D eigenvalue weighted by Crippen LogP contribution is -2.23. The summed E-state index contributed by atoms with van der Waals surface area (Å²) in [5, 5.41) is 8.51. The van der Waals surface area contributed by atoms with E-state index in [0.29, 0.717) is 10.3 Å². The lowest BCUT2D eigenvalue weighted by molar-refractivity contribution is -0.137. The fraction of sp³-hybridized carbons (Fsp3) is 0.143. The Bertz CT molecular complexity index is 544. The first kappa shape index (κ1) is 8.82. The van der Waals surface area contributed by atoms with Crippen LogP contribution < -0.4 is 5.56 Å². The fourth-order valence-electron chi connectivity index (χ4n) is 1.04. The zero-order chi connectivity index (χ0) is 10.1. The molecule has 0 fully saturated rings. The number of aromatic nitrogens is 3. The van der Waals surface area contributed by atoms with Crippen LogP contribution in [0.4, 0.5) is 0 Å². The van der Waals surface area contributed by atoms with Gasteiger partial charge in [0.15, 0.2) is 5.65 Å². The quantitative estimate of drug-likeness (QED) is 0.752. The van der Waals surface area contributed by atoms with Gasteiger partial charge in [0.2, 0.25) is 0 Å². The molecule has 0 amide bonds. The van der Waals surface area contributed by atoms with Crippen molar-refractivity contribution >= 4 is 27.7 Å². The highest BCUT2D eigenvalue weighted by atomic mass is 32.1. The number of carboxylic acids is 1. The van der Waals surface area contributed by atoms with Crippen LogP contribution in [0.1, 0.15) is 0 Å². The van der Waals surface area contributed by atoms with Gasteiger partial charge < -0.3 is 5.11 Å². The van der Waals surface area contributed by atoms with Gasteiger partial charge in [0.1, 0.15) is 17.6 Å². The minimum absolute atomic E-state index is 0.361. The van der Waals surface area contributed by atoms with Gasteiger partial charge >= 0.3 is 5.97 Å². The molecule has 1 N–H and O–H groups in total. The molecule has 0 unspecified atom stereocenters. The molecule has 0 saturated heterocycles. The van der Waals surface area contributed by atoms with Crippen LogP contribution in [0.3, 0.4) is 0 Å². The van der Waals surface area contributed by atoms with Crippen molar-refractivity contribution in [1.29, 1.82) is 0 Å². The molecule has 6 nitrogen and oxygen atoms in total. The third-order valence-electron chi connectivity index (χ3n) is 1.63. The second kappa shape index (κ2) is 3.18. The summed E-state index contributed by atoms with van der Waals surface area (Å²) in [6, 6.07) is 0. The van der Waals surface area contributed by atoms with Gasteiger partial charge in [-0.15, -0.1) is 11.3 Å². The average molecular weight is 211 g/mol. The molecule has 0 aliphatic heterocycles. The largest absolute Gasteiger partial charge is 0.480 e. The molecule has 0 spiro atoms. The smallest absolute Gasteiger partial charge is 0.323 e. The van der Waals surface area contributed by atoms with Gasteiger partial charge in [-0.1, -0.05) is 0 Å². The van der Waals surface area contributed by atoms with Gasteiger partial charge in [0, 0.05) is 0 Å². The molecule has 0 aliphatic rings. The van der Waals surface area contributed by atoms with E-state index < -0.39 is 5.97 Å². The molecule has 0 radical (unpaired) electrons. The molecule has 0 saturated carbocycles. The molecule has 14 heavy (non-hydrogen) atoms. The highest BCUT2D eigenvalue weighted by Gasteiger charge is 2.08. The minimum Gasteiger partial charge on any atom is -0.480 e. The number of hydrogen-bond acceptors (Lipinski definition) is 5. The first-order chi connectivity index (χ1) is 6.68. The van der Waals surface area contributed by atoms with Crippen LogP contribution in [0.15, 0.2) is 16.6 Å². The molecule has 2 heterocycles. The van der Waals surface area contributed by atoms with Gasteiger partial charge in [-0.25, -0.2) is 9.97 Å². The third kappa shape index (κ3) is 1.37. The number of hydrogen-bond donors (Lipinski definition) is 1. The Labute approximate surface area is 81.5 Å². The van der Waals surface area contributed by atoms with Crippen LogP contribution in [0.2, 0.25) is 0 Å². The molecular weight excluding hydrogens is 206 g/mol. The standard InChI is InChI=1S/C7H5N3O3S/c11-4(12)1-10-2-8-6-5(7(10)13)14-3-9-6/h2-3H,1H2,(H,11,12). The summed E-state index contributed by atoms with van der Waals surface area (Å²) in [5.74, 6) is -1.07. The maximum Gasteiger partial charge on any atom is 0.323 e. The van der Waals surface area contributed by atoms with Crippen LogP contribution in [0.5, 0.6) is 0 Å². The number of rotatable bonds is 2. The predicted molar refractivity (Wildman–Crippen MR) is 49.3 cm³/mol. The zero-order valence-electron chi connectivity index (χ0n) is 6.88. The molecule has 2 rings (SSSR count). The second-order valence-corrected chi connectivity index (χ2v) is 3.43. The molecule has 2 aromatic heterocycles. The Morgan fingerprint density at radius 1 is 1.57 bits per heavy atom. The van der Waals surface area contributed by atoms with Crippen molar-refractivity contribution in [2.75, 3.05) is 0 Å². The van der Waals surface area contributed by atoms with Crippen molar-refractivity contribution in [1.82, 2.24) is 14.5 Å². The first-order valence-corrected chi connectivity index (χ1v) is 4.57. The monoisotopic (exact) mass is 211 g/mol. The normalized spacial score (nSPS) is 10.6. The third-order valence-corrected chi connectivity index (χ3v) is 2.43. The van der Waals surface area contributed by atoms with E-state index in [2.05, 4.69) is 9.97 Å². The Hall–Kier alpha value is -1.76. The van der Waals surface area contributed by atoms with E-state index >= 15 is 0 Å². The van der Waals surface area contributed by atoms with Crippen molar-refractivity contribution in [3.8, 4) is 0 Å². The van der Waals surface area contributed by atoms with E-state index in [9.17, 15) is 9.59 Å². The average Bonchev–Trinajstić information content (AvgIpc) is 2.57. The molecular formula is C7H5N3O3S. The zero-order valence-corrected chi connectivity index (χ0v) is 7.69. The summed E-state index contributed by atoms with van der Waals surface area (Å²) in [4.78, 5) is 29.7. The first-order valence-electron chi connectivity index (χ1n) is 3.69. The lowest BCUT2D eigenvalue weighted by Gasteiger charge is -1.98. The SMILES string of the molecule is O=C(O)Cn1cnc2ncsc2c1=O. The van der Waals surface area contributed by atoms with Crippen molar-refractivity contribution < 1.29 is 9.90 Å². The summed E-state index contributed by atoms with van der Waals surface area (Å²) in [7, 11) is 0. The van der Waals surface area contributed by atoms with E-state index in [0.717, 1.165) is 15.9 Å². The highest BCUT2D eigenvalue weighted by molar-refractivity contribution is 7.16. The number of nitrogens with zero attached hydrogens (tertiary/aromatic N) is 3. The van der Waals surface area contributed by atoms with Gasteiger partial charge in [-0.05, 0) is 0 Å². The fourth-order valence-corrected chi connectivity index (χ4v) is 1.73. The predicted octanol–water partition coefficient (Wildman–Crippen LogP) is -0.0624. The summed E-state index contributed by atoms with van der Waals surface area (Å²) in [6.07, 6.45) is 1.19. The number of carboxylic acid groups (broad SMARTS) is 1. The van der Waals surface area contributed by atoms with E-state index in [1.807, 2.05) is 0 Å². The van der Waals surface area contributed by atoms with Crippen molar-refractivity contribution in [2.24, 2.45) is 0 Å². The Kier molecular flexibility index (Phi) is 2.01. The van der Waals surface area contributed by atoms with Crippen molar-refractivity contribution in [3.05, 3.63) is 22.2 Å².